The molecule has 0 aromatic heterocycles. The molecule has 0 fully saturated rings. The van der Waals surface area contributed by atoms with E-state index in [9.17, 15) is 9.59 Å². The minimum absolute atomic E-state index is 0.105. The molecule has 2 rings (SSSR count). The van der Waals surface area contributed by atoms with Crippen LogP contribution in [0.25, 0.3) is 6.08 Å². The zero-order valence-electron chi connectivity index (χ0n) is 8.18. The predicted octanol–water partition coefficient (Wildman–Crippen LogP) is 0.841. The molecule has 1 aliphatic heterocycles. The van der Waals surface area contributed by atoms with E-state index >= 15 is 0 Å². The number of carboxylic acid groups (broad SMARTS) is 2. The maximum absolute atomic E-state index is 11.0. The number of nitrogens with one attached hydrogen (secondary N) is 1. The predicted molar refractivity (Wildman–Crippen MR) is 55.6 cm³/mol. The van der Waals surface area contributed by atoms with Crippen molar-refractivity contribution in [3.8, 4) is 0 Å². The van der Waals surface area contributed by atoms with Crippen LogP contribution >= 0.6 is 0 Å². The van der Waals surface area contributed by atoms with E-state index in [1.807, 2.05) is 0 Å². The largest absolute Gasteiger partial charge is 0.479 e. The van der Waals surface area contributed by atoms with Gasteiger partial charge in [-0.25, -0.2) is 9.59 Å². The molecule has 5 heteroatoms. The monoisotopic (exact) mass is 219 g/mol. The van der Waals surface area contributed by atoms with E-state index in [0.29, 0.717) is 11.1 Å². The van der Waals surface area contributed by atoms with Crippen molar-refractivity contribution in [2.45, 2.75) is 6.04 Å². The Morgan fingerprint density at radius 2 is 1.88 bits per heavy atom. The van der Waals surface area contributed by atoms with Crippen molar-refractivity contribution >= 4 is 18.0 Å². The number of rotatable bonds is 2. The van der Waals surface area contributed by atoms with Crippen LogP contribution in [0.15, 0.2) is 30.0 Å². The molecule has 1 heterocycles. The molecule has 1 aromatic carbocycles. The van der Waals surface area contributed by atoms with Gasteiger partial charge in [0, 0.05) is 0 Å². The fourth-order valence-corrected chi connectivity index (χ4v) is 1.65. The highest BCUT2D eigenvalue weighted by Crippen LogP contribution is 2.26. The first-order valence-electron chi connectivity index (χ1n) is 4.63. The third-order valence-corrected chi connectivity index (χ3v) is 2.38. The number of fused-ring (bicyclic) bond motifs is 1. The Morgan fingerprint density at radius 1 is 1.19 bits per heavy atom. The van der Waals surface area contributed by atoms with Crippen molar-refractivity contribution in [3.63, 3.8) is 0 Å². The Morgan fingerprint density at radius 3 is 2.50 bits per heavy atom. The molecule has 0 radical (unpaired) electrons. The summed E-state index contributed by atoms with van der Waals surface area (Å²) in [6.07, 6.45) is 1.43. The molecule has 82 valence electrons. The van der Waals surface area contributed by atoms with Gasteiger partial charge >= 0.3 is 11.9 Å². The van der Waals surface area contributed by atoms with E-state index in [2.05, 4.69) is 5.32 Å². The van der Waals surface area contributed by atoms with Crippen molar-refractivity contribution in [2.75, 3.05) is 0 Å². The first kappa shape index (κ1) is 10.2. The van der Waals surface area contributed by atoms with Crippen LogP contribution in [0.4, 0.5) is 0 Å². The molecule has 16 heavy (non-hydrogen) atoms. The van der Waals surface area contributed by atoms with Gasteiger partial charge in [-0.15, -0.1) is 0 Å². The summed E-state index contributed by atoms with van der Waals surface area (Å²) in [4.78, 5) is 21.8. The quantitative estimate of drug-likeness (QED) is 0.686. The first-order chi connectivity index (χ1) is 7.59. The van der Waals surface area contributed by atoms with Gasteiger partial charge in [-0.05, 0) is 17.2 Å². The Hall–Kier alpha value is -2.30. The van der Waals surface area contributed by atoms with Crippen LogP contribution in [-0.4, -0.2) is 22.2 Å². The summed E-state index contributed by atoms with van der Waals surface area (Å²) >= 11 is 0. The van der Waals surface area contributed by atoms with E-state index in [1.54, 1.807) is 24.3 Å². The zero-order valence-corrected chi connectivity index (χ0v) is 8.18. The van der Waals surface area contributed by atoms with Crippen LogP contribution in [0.2, 0.25) is 0 Å². The van der Waals surface area contributed by atoms with Crippen molar-refractivity contribution in [2.24, 2.45) is 0 Å². The van der Waals surface area contributed by atoms with Gasteiger partial charge in [0.1, 0.15) is 5.70 Å². The molecule has 0 amide bonds. The van der Waals surface area contributed by atoms with E-state index in [1.165, 1.54) is 6.08 Å². The summed E-state index contributed by atoms with van der Waals surface area (Å²) in [6.45, 7) is 0. The highest BCUT2D eigenvalue weighted by Gasteiger charge is 2.28. The normalized spacial score (nSPS) is 18.0. The average Bonchev–Trinajstić information content (AvgIpc) is 2.27. The summed E-state index contributed by atoms with van der Waals surface area (Å²) in [5.74, 6) is -2.26. The molecule has 1 unspecified atom stereocenters. The van der Waals surface area contributed by atoms with Gasteiger partial charge in [-0.2, -0.15) is 0 Å². The number of carbonyl (C=O) groups is 2. The van der Waals surface area contributed by atoms with Crippen LogP contribution in [0.5, 0.6) is 0 Å². The number of benzene rings is 1. The molecule has 0 bridgehead atoms. The Labute approximate surface area is 91.0 Å². The van der Waals surface area contributed by atoms with Gasteiger partial charge in [0.05, 0.1) is 0 Å². The molecule has 3 N–H and O–H groups in total. The lowest BCUT2D eigenvalue weighted by Crippen LogP contribution is -2.33. The van der Waals surface area contributed by atoms with E-state index in [-0.39, 0.29) is 5.70 Å². The Kier molecular flexibility index (Phi) is 2.36. The summed E-state index contributed by atoms with van der Waals surface area (Å²) < 4.78 is 0. The molecule has 1 aliphatic rings. The minimum Gasteiger partial charge on any atom is -0.479 e. The molecule has 0 saturated heterocycles. The van der Waals surface area contributed by atoms with Crippen LogP contribution in [0, 0.1) is 0 Å². The van der Waals surface area contributed by atoms with Crippen molar-refractivity contribution in [1.29, 1.82) is 0 Å². The second kappa shape index (κ2) is 3.69. The molecule has 0 saturated carbocycles. The van der Waals surface area contributed by atoms with Crippen molar-refractivity contribution in [3.05, 3.63) is 41.1 Å². The topological polar surface area (TPSA) is 86.6 Å². The number of hydrogen-bond donors (Lipinski definition) is 3. The molecule has 1 atom stereocenters. The second-order valence-electron chi connectivity index (χ2n) is 3.41. The van der Waals surface area contributed by atoms with Gasteiger partial charge in [-0.1, -0.05) is 24.3 Å². The van der Waals surface area contributed by atoms with Crippen molar-refractivity contribution < 1.29 is 19.8 Å². The molecule has 0 aliphatic carbocycles. The van der Waals surface area contributed by atoms with Crippen LogP contribution in [0.3, 0.4) is 0 Å². The third kappa shape index (κ3) is 1.63. The second-order valence-corrected chi connectivity index (χ2v) is 3.41. The number of carboxylic acids is 2. The highest BCUT2D eigenvalue weighted by atomic mass is 16.4. The van der Waals surface area contributed by atoms with Gasteiger partial charge in [-0.3, -0.25) is 0 Å². The highest BCUT2D eigenvalue weighted by molar-refractivity contribution is 5.95. The fourth-order valence-electron chi connectivity index (χ4n) is 1.65. The maximum atomic E-state index is 11.0. The molecule has 5 nitrogen and oxygen atoms in total. The van der Waals surface area contributed by atoms with Gasteiger partial charge < -0.3 is 15.5 Å². The van der Waals surface area contributed by atoms with E-state index in [0.717, 1.165) is 0 Å². The molecule has 1 aromatic rings. The first-order valence-corrected chi connectivity index (χ1v) is 4.63. The average molecular weight is 219 g/mol. The third-order valence-electron chi connectivity index (χ3n) is 2.38. The summed E-state index contributed by atoms with van der Waals surface area (Å²) in [5.41, 5.74) is 1.08. The number of hydrogen-bond acceptors (Lipinski definition) is 3. The lowest BCUT2D eigenvalue weighted by atomic mass is 9.96. The van der Waals surface area contributed by atoms with Gasteiger partial charge in [0.25, 0.3) is 0 Å². The molecular weight excluding hydrogens is 210 g/mol. The maximum Gasteiger partial charge on any atom is 0.352 e. The van der Waals surface area contributed by atoms with Crippen LogP contribution in [0.1, 0.15) is 17.2 Å². The van der Waals surface area contributed by atoms with Gasteiger partial charge in [0.2, 0.25) is 0 Å². The SMILES string of the molecule is O=C(O)C1=Cc2ccccc2C(C(=O)O)N1. The standard InChI is InChI=1S/C11H9NO4/c13-10(14)8-5-6-3-1-2-4-7(6)9(12-8)11(15)16/h1-5,9,12H,(H,13,14)(H,15,16). The summed E-state index contributed by atoms with van der Waals surface area (Å²) in [7, 11) is 0. The van der Waals surface area contributed by atoms with Crippen LogP contribution in [-0.2, 0) is 9.59 Å². The minimum atomic E-state index is -1.17. The molecule has 0 spiro atoms. The lowest BCUT2D eigenvalue weighted by Gasteiger charge is -2.22. The Bertz CT molecular complexity index is 493. The van der Waals surface area contributed by atoms with E-state index in [4.69, 9.17) is 10.2 Å². The molecular formula is C11H9NO4. The summed E-state index contributed by atoms with van der Waals surface area (Å²) in [5, 5.41) is 20.3. The van der Waals surface area contributed by atoms with Crippen molar-refractivity contribution in [1.82, 2.24) is 5.32 Å². The smallest absolute Gasteiger partial charge is 0.352 e. The zero-order chi connectivity index (χ0) is 11.7. The number of aliphatic carboxylic acids is 2. The Balaban J connectivity index is 2.53. The van der Waals surface area contributed by atoms with Gasteiger partial charge in [0.15, 0.2) is 6.04 Å². The summed E-state index contributed by atoms with van der Waals surface area (Å²) in [6, 6.07) is 5.80. The fraction of sp³-hybridized carbons (Fsp3) is 0.0909. The lowest BCUT2D eigenvalue weighted by molar-refractivity contribution is -0.139. The van der Waals surface area contributed by atoms with E-state index < -0.39 is 18.0 Å². The van der Waals surface area contributed by atoms with Crippen LogP contribution < -0.4 is 5.32 Å².